The maximum absolute atomic E-state index is 11.9. The first-order chi connectivity index (χ1) is 9.97. The van der Waals surface area contributed by atoms with Gasteiger partial charge in [0, 0.05) is 36.9 Å². The SMILES string of the molecule is Cc1cc(Cl)cc(C)c1NC(=O)NCCN1CCNC1=O. The third-order valence-electron chi connectivity index (χ3n) is 3.35. The fourth-order valence-corrected chi connectivity index (χ4v) is 2.62. The van der Waals surface area contributed by atoms with E-state index in [-0.39, 0.29) is 12.1 Å². The number of anilines is 1. The summed E-state index contributed by atoms with van der Waals surface area (Å²) in [5, 5.41) is 8.92. The number of urea groups is 2. The summed E-state index contributed by atoms with van der Waals surface area (Å²) in [4.78, 5) is 24.9. The molecule has 0 aromatic heterocycles. The molecule has 6 nitrogen and oxygen atoms in total. The first-order valence-corrected chi connectivity index (χ1v) is 7.19. The molecule has 7 heteroatoms. The van der Waals surface area contributed by atoms with Crippen molar-refractivity contribution in [3.05, 3.63) is 28.3 Å². The van der Waals surface area contributed by atoms with E-state index in [1.807, 2.05) is 13.8 Å². The molecule has 4 amide bonds. The molecule has 1 aliphatic heterocycles. The van der Waals surface area contributed by atoms with Gasteiger partial charge >= 0.3 is 12.1 Å². The van der Waals surface area contributed by atoms with Crippen LogP contribution in [-0.2, 0) is 0 Å². The normalized spacial score (nSPS) is 14.0. The van der Waals surface area contributed by atoms with Crippen LogP contribution in [0.4, 0.5) is 15.3 Å². The van der Waals surface area contributed by atoms with E-state index in [0.29, 0.717) is 31.2 Å². The standard InChI is InChI=1S/C14H19ClN4O2/c1-9-7-11(15)8-10(2)12(9)18-13(20)16-3-5-19-6-4-17-14(19)21/h7-8H,3-6H2,1-2H3,(H,17,21)(H2,16,18,20). The van der Waals surface area contributed by atoms with Crippen LogP contribution >= 0.6 is 11.6 Å². The molecule has 1 saturated heterocycles. The molecule has 21 heavy (non-hydrogen) atoms. The molecule has 2 rings (SSSR count). The Morgan fingerprint density at radius 2 is 2.05 bits per heavy atom. The zero-order valence-electron chi connectivity index (χ0n) is 12.1. The molecule has 0 unspecified atom stereocenters. The van der Waals surface area contributed by atoms with Crippen molar-refractivity contribution in [2.24, 2.45) is 0 Å². The lowest BCUT2D eigenvalue weighted by Gasteiger charge is -2.16. The lowest BCUT2D eigenvalue weighted by Crippen LogP contribution is -2.38. The molecule has 3 N–H and O–H groups in total. The molecule has 0 atom stereocenters. The van der Waals surface area contributed by atoms with E-state index in [4.69, 9.17) is 11.6 Å². The molecule has 0 saturated carbocycles. The fourth-order valence-electron chi connectivity index (χ4n) is 2.29. The highest BCUT2D eigenvalue weighted by Gasteiger charge is 2.18. The summed E-state index contributed by atoms with van der Waals surface area (Å²) in [6.07, 6.45) is 0. The van der Waals surface area contributed by atoms with Gasteiger partial charge in [0.2, 0.25) is 0 Å². The molecule has 1 aliphatic rings. The number of aryl methyl sites for hydroxylation is 2. The van der Waals surface area contributed by atoms with Crippen LogP contribution < -0.4 is 16.0 Å². The molecule has 0 aliphatic carbocycles. The number of carbonyl (C=O) groups is 2. The van der Waals surface area contributed by atoms with Gasteiger partial charge in [-0.3, -0.25) is 0 Å². The number of hydrogen-bond donors (Lipinski definition) is 3. The van der Waals surface area contributed by atoms with Crippen molar-refractivity contribution in [1.29, 1.82) is 0 Å². The summed E-state index contributed by atoms with van der Waals surface area (Å²) in [5.41, 5.74) is 2.58. The fraction of sp³-hybridized carbons (Fsp3) is 0.429. The molecular weight excluding hydrogens is 292 g/mol. The lowest BCUT2D eigenvalue weighted by molar-refractivity contribution is 0.216. The number of rotatable bonds is 4. The summed E-state index contributed by atoms with van der Waals surface area (Å²) in [6.45, 7) is 6.03. The van der Waals surface area contributed by atoms with Crippen LogP contribution in [0.5, 0.6) is 0 Å². The van der Waals surface area contributed by atoms with Crippen molar-refractivity contribution in [2.45, 2.75) is 13.8 Å². The Kier molecular flexibility index (Phi) is 4.90. The highest BCUT2D eigenvalue weighted by atomic mass is 35.5. The molecule has 114 valence electrons. The Morgan fingerprint density at radius 1 is 1.38 bits per heavy atom. The van der Waals surface area contributed by atoms with Crippen molar-refractivity contribution in [2.75, 3.05) is 31.5 Å². The van der Waals surface area contributed by atoms with Crippen LogP contribution in [-0.4, -0.2) is 43.1 Å². The second-order valence-electron chi connectivity index (χ2n) is 5.01. The predicted octanol–water partition coefficient (Wildman–Crippen LogP) is 2.10. The van der Waals surface area contributed by atoms with Crippen LogP contribution in [0.2, 0.25) is 5.02 Å². The van der Waals surface area contributed by atoms with Crippen LogP contribution in [0.25, 0.3) is 0 Å². The van der Waals surface area contributed by atoms with Crippen molar-refractivity contribution in [1.82, 2.24) is 15.5 Å². The monoisotopic (exact) mass is 310 g/mol. The van der Waals surface area contributed by atoms with Crippen LogP contribution in [0, 0.1) is 13.8 Å². The van der Waals surface area contributed by atoms with Gasteiger partial charge in [-0.25, -0.2) is 9.59 Å². The van der Waals surface area contributed by atoms with Gasteiger partial charge in [0.25, 0.3) is 0 Å². The molecule has 0 spiro atoms. The molecule has 1 fully saturated rings. The van der Waals surface area contributed by atoms with Gasteiger partial charge < -0.3 is 20.9 Å². The third-order valence-corrected chi connectivity index (χ3v) is 3.57. The maximum Gasteiger partial charge on any atom is 0.319 e. The lowest BCUT2D eigenvalue weighted by atomic mass is 10.1. The van der Waals surface area contributed by atoms with Gasteiger partial charge in [-0.05, 0) is 37.1 Å². The van der Waals surface area contributed by atoms with Gasteiger partial charge in [0.1, 0.15) is 0 Å². The Balaban J connectivity index is 1.83. The van der Waals surface area contributed by atoms with E-state index in [1.54, 1.807) is 17.0 Å². The van der Waals surface area contributed by atoms with E-state index >= 15 is 0 Å². The quantitative estimate of drug-likeness (QED) is 0.797. The van der Waals surface area contributed by atoms with E-state index in [1.165, 1.54) is 0 Å². The summed E-state index contributed by atoms with van der Waals surface area (Å²) in [7, 11) is 0. The summed E-state index contributed by atoms with van der Waals surface area (Å²) >= 11 is 5.96. The van der Waals surface area contributed by atoms with Gasteiger partial charge in [-0.15, -0.1) is 0 Å². The topological polar surface area (TPSA) is 73.5 Å². The predicted molar refractivity (Wildman–Crippen MR) is 82.9 cm³/mol. The average Bonchev–Trinajstić information content (AvgIpc) is 2.80. The molecule has 1 aromatic rings. The van der Waals surface area contributed by atoms with E-state index in [0.717, 1.165) is 16.8 Å². The number of hydrogen-bond acceptors (Lipinski definition) is 2. The Morgan fingerprint density at radius 3 is 2.62 bits per heavy atom. The average molecular weight is 311 g/mol. The highest BCUT2D eigenvalue weighted by Crippen LogP contribution is 2.24. The summed E-state index contributed by atoms with van der Waals surface area (Å²) in [6, 6.07) is 3.24. The van der Waals surface area contributed by atoms with Gasteiger partial charge in [0.05, 0.1) is 0 Å². The molecular formula is C14H19ClN4O2. The minimum absolute atomic E-state index is 0.0819. The number of halogens is 1. The van der Waals surface area contributed by atoms with Crippen LogP contribution in [0.3, 0.4) is 0 Å². The van der Waals surface area contributed by atoms with E-state index in [9.17, 15) is 9.59 Å². The van der Waals surface area contributed by atoms with Gasteiger partial charge in [-0.2, -0.15) is 0 Å². The number of benzene rings is 1. The first kappa shape index (κ1) is 15.4. The number of carbonyl (C=O) groups excluding carboxylic acids is 2. The highest BCUT2D eigenvalue weighted by molar-refractivity contribution is 6.30. The molecule has 1 aromatic carbocycles. The second-order valence-corrected chi connectivity index (χ2v) is 5.45. The minimum atomic E-state index is -0.289. The van der Waals surface area contributed by atoms with Gasteiger partial charge in [-0.1, -0.05) is 11.6 Å². The van der Waals surface area contributed by atoms with E-state index in [2.05, 4.69) is 16.0 Å². The van der Waals surface area contributed by atoms with Gasteiger partial charge in [0.15, 0.2) is 0 Å². The van der Waals surface area contributed by atoms with E-state index < -0.39 is 0 Å². The van der Waals surface area contributed by atoms with Crippen LogP contribution in [0.15, 0.2) is 12.1 Å². The number of nitrogens with zero attached hydrogens (tertiary/aromatic N) is 1. The largest absolute Gasteiger partial charge is 0.336 e. The maximum atomic E-state index is 11.9. The smallest absolute Gasteiger partial charge is 0.319 e. The number of nitrogens with one attached hydrogen (secondary N) is 3. The Hall–Kier alpha value is -1.95. The minimum Gasteiger partial charge on any atom is -0.336 e. The zero-order valence-corrected chi connectivity index (χ0v) is 12.9. The Bertz CT molecular complexity index is 539. The number of amides is 4. The van der Waals surface area contributed by atoms with Crippen molar-refractivity contribution in [3.63, 3.8) is 0 Å². The molecule has 0 radical (unpaired) electrons. The summed E-state index contributed by atoms with van der Waals surface area (Å²) in [5.74, 6) is 0. The molecule has 1 heterocycles. The zero-order chi connectivity index (χ0) is 15.4. The first-order valence-electron chi connectivity index (χ1n) is 6.82. The van der Waals surface area contributed by atoms with Crippen LogP contribution in [0.1, 0.15) is 11.1 Å². The third kappa shape index (κ3) is 4.01. The molecule has 0 bridgehead atoms. The second kappa shape index (κ2) is 6.67. The Labute approximate surface area is 128 Å². The van der Waals surface area contributed by atoms with Crippen molar-refractivity contribution in [3.8, 4) is 0 Å². The van der Waals surface area contributed by atoms with Crippen molar-refractivity contribution >= 4 is 29.4 Å². The summed E-state index contributed by atoms with van der Waals surface area (Å²) < 4.78 is 0. The van der Waals surface area contributed by atoms with Crippen molar-refractivity contribution < 1.29 is 9.59 Å².